The average Bonchev–Trinajstić information content (AvgIpc) is 2.43. The van der Waals surface area contributed by atoms with Crippen LogP contribution in [0.5, 0.6) is 0 Å². The van der Waals surface area contributed by atoms with E-state index >= 15 is 0 Å². The lowest BCUT2D eigenvalue weighted by Crippen LogP contribution is -2.19. The number of amides is 2. The highest BCUT2D eigenvalue weighted by Crippen LogP contribution is 2.15. The Morgan fingerprint density at radius 1 is 1.00 bits per heavy atom. The summed E-state index contributed by atoms with van der Waals surface area (Å²) in [5, 5.41) is 5.23. The molecule has 2 N–H and O–H groups in total. The number of ketones is 1. The molecule has 0 aromatic heterocycles. The van der Waals surface area contributed by atoms with Crippen LogP contribution < -0.4 is 10.6 Å². The maximum atomic E-state index is 13.1. The zero-order chi connectivity index (χ0) is 15.4. The van der Waals surface area contributed by atoms with Gasteiger partial charge in [-0.1, -0.05) is 12.1 Å². The molecular formula is C16H15FN2O2. The molecule has 2 aromatic rings. The molecule has 4 nitrogen and oxygen atoms in total. The molecule has 0 heterocycles. The van der Waals surface area contributed by atoms with Crippen LogP contribution in [-0.2, 0) is 0 Å². The standard InChI is InChI=1S/C16H15FN2O2/c1-10-8-14(6-7-15(10)17)19-16(21)18-13-5-3-4-12(9-13)11(2)20/h3-9H,1-2H3,(H2,18,19,21). The van der Waals surface area contributed by atoms with Gasteiger partial charge in [0, 0.05) is 16.9 Å². The van der Waals surface area contributed by atoms with Crippen LogP contribution in [0.4, 0.5) is 20.6 Å². The molecule has 0 unspecified atom stereocenters. The number of rotatable bonds is 3. The number of Topliss-reactive ketones (excluding diaryl/α,β-unsaturated/α-hetero) is 1. The summed E-state index contributed by atoms with van der Waals surface area (Å²) in [5.41, 5.74) is 1.98. The summed E-state index contributed by atoms with van der Waals surface area (Å²) < 4.78 is 13.1. The first-order chi connectivity index (χ1) is 9.95. The van der Waals surface area contributed by atoms with Gasteiger partial charge in [0.05, 0.1) is 0 Å². The van der Waals surface area contributed by atoms with Crippen LogP contribution in [0.2, 0.25) is 0 Å². The Kier molecular flexibility index (Phi) is 4.33. The number of anilines is 2. The van der Waals surface area contributed by atoms with Crippen LogP contribution in [0.1, 0.15) is 22.8 Å². The second-order valence-electron chi connectivity index (χ2n) is 4.68. The zero-order valence-electron chi connectivity index (χ0n) is 11.7. The first-order valence-corrected chi connectivity index (χ1v) is 6.41. The maximum Gasteiger partial charge on any atom is 0.323 e. The van der Waals surface area contributed by atoms with Gasteiger partial charge in [0.25, 0.3) is 0 Å². The number of carbonyl (C=O) groups excluding carboxylic acids is 2. The molecule has 0 aliphatic rings. The minimum atomic E-state index is -0.457. The molecule has 2 aromatic carbocycles. The number of carbonyl (C=O) groups is 2. The summed E-state index contributed by atoms with van der Waals surface area (Å²) in [5.74, 6) is -0.400. The minimum Gasteiger partial charge on any atom is -0.308 e. The third kappa shape index (κ3) is 3.89. The normalized spacial score (nSPS) is 10.0. The van der Waals surface area contributed by atoms with Gasteiger partial charge in [-0.3, -0.25) is 4.79 Å². The topological polar surface area (TPSA) is 58.2 Å². The number of urea groups is 1. The van der Waals surface area contributed by atoms with E-state index in [2.05, 4.69) is 10.6 Å². The van der Waals surface area contributed by atoms with Crippen molar-refractivity contribution in [2.24, 2.45) is 0 Å². The summed E-state index contributed by atoms with van der Waals surface area (Å²) in [6, 6.07) is 10.5. The third-order valence-corrected chi connectivity index (χ3v) is 2.94. The van der Waals surface area contributed by atoms with Crippen LogP contribution in [0, 0.1) is 12.7 Å². The van der Waals surface area contributed by atoms with Crippen LogP contribution in [0.3, 0.4) is 0 Å². The van der Waals surface area contributed by atoms with Crippen molar-refractivity contribution in [3.63, 3.8) is 0 Å². The van der Waals surface area contributed by atoms with Crippen molar-refractivity contribution in [2.45, 2.75) is 13.8 Å². The smallest absolute Gasteiger partial charge is 0.308 e. The molecule has 2 amide bonds. The zero-order valence-corrected chi connectivity index (χ0v) is 11.7. The van der Waals surface area contributed by atoms with E-state index in [1.807, 2.05) is 0 Å². The summed E-state index contributed by atoms with van der Waals surface area (Å²) in [7, 11) is 0. The molecule has 0 spiro atoms. The molecule has 0 saturated carbocycles. The predicted molar refractivity (Wildman–Crippen MR) is 80.2 cm³/mol. The summed E-state index contributed by atoms with van der Waals surface area (Å²) in [4.78, 5) is 23.1. The van der Waals surface area contributed by atoms with Gasteiger partial charge in [0.1, 0.15) is 5.82 Å². The number of halogens is 1. The fraction of sp³-hybridized carbons (Fsp3) is 0.125. The highest BCUT2D eigenvalue weighted by atomic mass is 19.1. The van der Waals surface area contributed by atoms with Crippen molar-refractivity contribution in [3.05, 3.63) is 59.4 Å². The minimum absolute atomic E-state index is 0.0757. The molecular weight excluding hydrogens is 271 g/mol. The Morgan fingerprint density at radius 2 is 1.67 bits per heavy atom. The molecule has 0 aliphatic carbocycles. The highest BCUT2D eigenvalue weighted by Gasteiger charge is 2.06. The lowest BCUT2D eigenvalue weighted by molar-refractivity contribution is 0.101. The summed E-state index contributed by atoms with van der Waals surface area (Å²) in [6.07, 6.45) is 0. The van der Waals surface area contributed by atoms with E-state index in [-0.39, 0.29) is 11.6 Å². The van der Waals surface area contributed by atoms with E-state index in [4.69, 9.17) is 0 Å². The van der Waals surface area contributed by atoms with E-state index in [0.29, 0.717) is 22.5 Å². The van der Waals surface area contributed by atoms with Crippen LogP contribution in [0.25, 0.3) is 0 Å². The molecule has 5 heteroatoms. The maximum absolute atomic E-state index is 13.1. The van der Waals surface area contributed by atoms with Crippen molar-refractivity contribution >= 4 is 23.2 Å². The van der Waals surface area contributed by atoms with Crippen molar-refractivity contribution in [1.29, 1.82) is 0 Å². The summed E-state index contributed by atoms with van der Waals surface area (Å²) in [6.45, 7) is 3.08. The van der Waals surface area contributed by atoms with Gasteiger partial charge in [-0.2, -0.15) is 0 Å². The fourth-order valence-electron chi connectivity index (χ4n) is 1.83. The van der Waals surface area contributed by atoms with Gasteiger partial charge in [0.15, 0.2) is 5.78 Å². The molecule has 0 bridgehead atoms. The molecule has 0 aliphatic heterocycles. The quantitative estimate of drug-likeness (QED) is 0.838. The van der Waals surface area contributed by atoms with Gasteiger partial charge in [-0.25, -0.2) is 9.18 Å². The molecule has 0 atom stereocenters. The molecule has 0 saturated heterocycles. The number of aryl methyl sites for hydroxylation is 1. The number of nitrogens with one attached hydrogen (secondary N) is 2. The number of benzene rings is 2. The fourth-order valence-corrected chi connectivity index (χ4v) is 1.83. The van der Waals surface area contributed by atoms with Crippen molar-refractivity contribution in [3.8, 4) is 0 Å². The van der Waals surface area contributed by atoms with Gasteiger partial charge in [0.2, 0.25) is 0 Å². The molecule has 0 fully saturated rings. The second-order valence-corrected chi connectivity index (χ2v) is 4.68. The van der Waals surface area contributed by atoms with Crippen LogP contribution in [-0.4, -0.2) is 11.8 Å². The Balaban J connectivity index is 2.06. The first-order valence-electron chi connectivity index (χ1n) is 6.41. The SMILES string of the molecule is CC(=O)c1cccc(NC(=O)Nc2ccc(F)c(C)c2)c1. The number of hydrogen-bond donors (Lipinski definition) is 2. The Hall–Kier alpha value is -2.69. The van der Waals surface area contributed by atoms with Gasteiger partial charge in [-0.05, 0) is 49.7 Å². The molecule has 0 radical (unpaired) electrons. The lowest BCUT2D eigenvalue weighted by Gasteiger charge is -2.09. The van der Waals surface area contributed by atoms with Crippen molar-refractivity contribution < 1.29 is 14.0 Å². The van der Waals surface area contributed by atoms with E-state index in [9.17, 15) is 14.0 Å². The van der Waals surface area contributed by atoms with E-state index < -0.39 is 6.03 Å². The van der Waals surface area contributed by atoms with Gasteiger partial charge < -0.3 is 10.6 Å². The molecule has 21 heavy (non-hydrogen) atoms. The average molecular weight is 286 g/mol. The predicted octanol–water partition coefficient (Wildman–Crippen LogP) is 3.98. The van der Waals surface area contributed by atoms with E-state index in [1.54, 1.807) is 37.3 Å². The van der Waals surface area contributed by atoms with E-state index in [0.717, 1.165) is 0 Å². The lowest BCUT2D eigenvalue weighted by atomic mass is 10.1. The highest BCUT2D eigenvalue weighted by molar-refractivity contribution is 6.01. The first kappa shape index (κ1) is 14.7. The summed E-state index contributed by atoms with van der Waals surface area (Å²) >= 11 is 0. The third-order valence-electron chi connectivity index (χ3n) is 2.94. The monoisotopic (exact) mass is 286 g/mol. The Labute approximate surface area is 122 Å². The van der Waals surface area contributed by atoms with Gasteiger partial charge >= 0.3 is 6.03 Å². The van der Waals surface area contributed by atoms with E-state index in [1.165, 1.54) is 19.1 Å². The van der Waals surface area contributed by atoms with Crippen LogP contribution >= 0.6 is 0 Å². The number of hydrogen-bond acceptors (Lipinski definition) is 2. The molecule has 108 valence electrons. The van der Waals surface area contributed by atoms with Gasteiger partial charge in [-0.15, -0.1) is 0 Å². The molecule has 2 rings (SSSR count). The Morgan fingerprint density at radius 3 is 2.29 bits per heavy atom. The van der Waals surface area contributed by atoms with Crippen molar-refractivity contribution in [1.82, 2.24) is 0 Å². The van der Waals surface area contributed by atoms with Crippen LogP contribution in [0.15, 0.2) is 42.5 Å². The Bertz CT molecular complexity index is 698. The van der Waals surface area contributed by atoms with Crippen molar-refractivity contribution in [2.75, 3.05) is 10.6 Å². The second kappa shape index (κ2) is 6.17. The largest absolute Gasteiger partial charge is 0.323 e.